The molecule has 2 nitrogen and oxygen atoms in total. The molecule has 88 valence electrons. The van der Waals surface area contributed by atoms with Gasteiger partial charge in [0, 0.05) is 24.7 Å². The van der Waals surface area contributed by atoms with Crippen molar-refractivity contribution in [2.75, 3.05) is 18.6 Å². The van der Waals surface area contributed by atoms with Gasteiger partial charge in [-0.3, -0.25) is 0 Å². The lowest BCUT2D eigenvalue weighted by molar-refractivity contribution is 0.118. The third-order valence-corrected chi connectivity index (χ3v) is 3.95. The predicted octanol–water partition coefficient (Wildman–Crippen LogP) is 3.20. The zero-order valence-corrected chi connectivity index (χ0v) is 11.4. The molecule has 0 N–H and O–H groups in total. The first kappa shape index (κ1) is 11.9. The molecule has 0 amide bonds. The average molecular weight is 284 g/mol. The minimum absolute atomic E-state index is 0.327. The summed E-state index contributed by atoms with van der Waals surface area (Å²) in [6.45, 7) is 3.04. The van der Waals surface area contributed by atoms with Gasteiger partial charge in [0.25, 0.3) is 0 Å². The van der Waals surface area contributed by atoms with Gasteiger partial charge in [-0.25, -0.2) is 0 Å². The van der Waals surface area contributed by atoms with E-state index in [1.807, 2.05) is 0 Å². The first-order valence-corrected chi connectivity index (χ1v) is 6.84. The molecule has 1 fully saturated rings. The van der Waals surface area contributed by atoms with Crippen LogP contribution < -0.4 is 4.90 Å². The highest BCUT2D eigenvalue weighted by Gasteiger charge is 2.28. The molecule has 1 heterocycles. The number of rotatable bonds is 3. The Bertz CT molecular complexity index is 356. The lowest BCUT2D eigenvalue weighted by Gasteiger charge is -2.30. The summed E-state index contributed by atoms with van der Waals surface area (Å²) >= 11 is 3.54. The fourth-order valence-corrected chi connectivity index (χ4v) is 2.85. The summed E-state index contributed by atoms with van der Waals surface area (Å²) in [5.41, 5.74) is 2.64. The van der Waals surface area contributed by atoms with E-state index in [1.54, 1.807) is 0 Å². The Morgan fingerprint density at radius 3 is 2.81 bits per heavy atom. The number of hydrogen-bond donors (Lipinski definition) is 0. The number of anilines is 1. The summed E-state index contributed by atoms with van der Waals surface area (Å²) in [6.07, 6.45) is 1.45. The summed E-state index contributed by atoms with van der Waals surface area (Å²) in [6, 6.07) is 9.03. The molecule has 2 atom stereocenters. The Morgan fingerprint density at radius 2 is 2.19 bits per heavy atom. The maximum atomic E-state index is 5.63. The van der Waals surface area contributed by atoms with Gasteiger partial charge < -0.3 is 9.64 Å². The first-order chi connectivity index (χ1) is 7.74. The van der Waals surface area contributed by atoms with Crippen LogP contribution in [0.2, 0.25) is 0 Å². The molecule has 0 radical (unpaired) electrons. The fourth-order valence-electron chi connectivity index (χ4n) is 2.38. The first-order valence-electron chi connectivity index (χ1n) is 5.72. The molecule has 16 heavy (non-hydrogen) atoms. The van der Waals surface area contributed by atoms with Crippen molar-refractivity contribution >= 4 is 21.6 Å². The zero-order chi connectivity index (χ0) is 11.5. The molecule has 3 heteroatoms. The Hall–Kier alpha value is -0.540. The van der Waals surface area contributed by atoms with Crippen LogP contribution in [0.1, 0.15) is 18.9 Å². The van der Waals surface area contributed by atoms with E-state index in [4.69, 9.17) is 4.74 Å². The topological polar surface area (TPSA) is 12.5 Å². The van der Waals surface area contributed by atoms with Gasteiger partial charge in [-0.05, 0) is 25.0 Å². The van der Waals surface area contributed by atoms with Gasteiger partial charge in [0.1, 0.15) is 0 Å². The van der Waals surface area contributed by atoms with Crippen molar-refractivity contribution in [3.8, 4) is 0 Å². The van der Waals surface area contributed by atoms with E-state index in [2.05, 4.69) is 59.1 Å². The molecule has 1 aliphatic heterocycles. The Morgan fingerprint density at radius 1 is 1.44 bits per heavy atom. The van der Waals surface area contributed by atoms with Gasteiger partial charge in [-0.15, -0.1) is 0 Å². The molecule has 0 spiro atoms. The second-order valence-electron chi connectivity index (χ2n) is 4.31. The average Bonchev–Trinajstić information content (AvgIpc) is 2.74. The van der Waals surface area contributed by atoms with Crippen LogP contribution in [0, 0.1) is 0 Å². The van der Waals surface area contributed by atoms with E-state index in [0.29, 0.717) is 12.1 Å². The number of likely N-dealkylation sites (N-methyl/N-ethyl adjacent to an activating group) is 1. The predicted molar refractivity (Wildman–Crippen MR) is 71.3 cm³/mol. The highest BCUT2D eigenvalue weighted by molar-refractivity contribution is 9.08. The normalized spacial score (nSPS) is 24.7. The van der Waals surface area contributed by atoms with E-state index in [9.17, 15) is 0 Å². The van der Waals surface area contributed by atoms with Crippen molar-refractivity contribution in [1.29, 1.82) is 0 Å². The highest BCUT2D eigenvalue weighted by Crippen LogP contribution is 2.28. The standard InChI is InChI=1S/C13H18BrNO/c1-10-12(7-8-16-10)15(2)13-6-4-3-5-11(13)9-14/h3-6,10,12H,7-9H2,1-2H3. The minimum Gasteiger partial charge on any atom is -0.376 e. The van der Waals surface area contributed by atoms with Crippen LogP contribution in [-0.2, 0) is 10.1 Å². The maximum Gasteiger partial charge on any atom is 0.0750 e. The number of nitrogens with zero attached hydrogens (tertiary/aromatic N) is 1. The van der Waals surface area contributed by atoms with Crippen LogP contribution in [0.3, 0.4) is 0 Å². The largest absolute Gasteiger partial charge is 0.376 e. The van der Waals surface area contributed by atoms with E-state index >= 15 is 0 Å². The molecule has 0 aliphatic carbocycles. The molecule has 0 saturated carbocycles. The second kappa shape index (κ2) is 5.19. The van der Waals surface area contributed by atoms with Crippen molar-refractivity contribution in [1.82, 2.24) is 0 Å². The summed E-state index contributed by atoms with van der Waals surface area (Å²) in [5.74, 6) is 0. The Labute approximate surface area is 106 Å². The smallest absolute Gasteiger partial charge is 0.0750 e. The van der Waals surface area contributed by atoms with E-state index in [0.717, 1.165) is 18.4 Å². The van der Waals surface area contributed by atoms with E-state index in [1.165, 1.54) is 11.3 Å². The van der Waals surface area contributed by atoms with Crippen molar-refractivity contribution in [3.63, 3.8) is 0 Å². The second-order valence-corrected chi connectivity index (χ2v) is 4.87. The van der Waals surface area contributed by atoms with Crippen molar-refractivity contribution < 1.29 is 4.74 Å². The van der Waals surface area contributed by atoms with Crippen LogP contribution in [0.4, 0.5) is 5.69 Å². The van der Waals surface area contributed by atoms with E-state index in [-0.39, 0.29) is 0 Å². The minimum atomic E-state index is 0.327. The van der Waals surface area contributed by atoms with Gasteiger partial charge in [-0.2, -0.15) is 0 Å². The number of benzene rings is 1. The summed E-state index contributed by atoms with van der Waals surface area (Å²) < 4.78 is 5.63. The highest BCUT2D eigenvalue weighted by atomic mass is 79.9. The molecular formula is C13H18BrNO. The van der Waals surface area contributed by atoms with Crippen LogP contribution in [0.25, 0.3) is 0 Å². The van der Waals surface area contributed by atoms with Crippen molar-refractivity contribution in [3.05, 3.63) is 29.8 Å². The van der Waals surface area contributed by atoms with E-state index < -0.39 is 0 Å². The number of alkyl halides is 1. The Balaban J connectivity index is 2.22. The van der Waals surface area contributed by atoms with Crippen molar-refractivity contribution in [2.45, 2.75) is 30.8 Å². The van der Waals surface area contributed by atoms with Gasteiger partial charge in [0.15, 0.2) is 0 Å². The molecule has 1 aliphatic rings. The molecule has 1 saturated heterocycles. The number of para-hydroxylation sites is 1. The number of ether oxygens (including phenoxy) is 1. The molecule has 2 rings (SSSR count). The SMILES string of the molecule is CC1OCCC1N(C)c1ccccc1CBr. The quantitative estimate of drug-likeness (QED) is 0.790. The Kier molecular flexibility index (Phi) is 3.87. The van der Waals surface area contributed by atoms with Crippen LogP contribution in [-0.4, -0.2) is 25.8 Å². The lowest BCUT2D eigenvalue weighted by atomic mass is 10.1. The zero-order valence-electron chi connectivity index (χ0n) is 9.82. The summed E-state index contributed by atoms with van der Waals surface area (Å²) in [4.78, 5) is 2.36. The van der Waals surface area contributed by atoms with Gasteiger partial charge in [-0.1, -0.05) is 34.1 Å². The van der Waals surface area contributed by atoms with Gasteiger partial charge in [0.2, 0.25) is 0 Å². The molecule has 1 aromatic rings. The molecule has 1 aromatic carbocycles. The van der Waals surface area contributed by atoms with Crippen LogP contribution in [0.5, 0.6) is 0 Å². The summed E-state index contributed by atoms with van der Waals surface area (Å²) in [5, 5.41) is 0.898. The van der Waals surface area contributed by atoms with Crippen LogP contribution >= 0.6 is 15.9 Å². The number of halogens is 1. The third-order valence-electron chi connectivity index (χ3n) is 3.35. The van der Waals surface area contributed by atoms with Gasteiger partial charge in [0.05, 0.1) is 12.1 Å². The molecular weight excluding hydrogens is 266 g/mol. The lowest BCUT2D eigenvalue weighted by Crippen LogP contribution is -2.37. The molecule has 0 bridgehead atoms. The van der Waals surface area contributed by atoms with Crippen molar-refractivity contribution in [2.24, 2.45) is 0 Å². The monoisotopic (exact) mass is 283 g/mol. The molecule has 2 unspecified atom stereocenters. The van der Waals surface area contributed by atoms with Gasteiger partial charge >= 0.3 is 0 Å². The maximum absolute atomic E-state index is 5.63. The third kappa shape index (κ3) is 2.25. The fraction of sp³-hybridized carbons (Fsp3) is 0.538. The number of hydrogen-bond acceptors (Lipinski definition) is 2. The van der Waals surface area contributed by atoms with Crippen LogP contribution in [0.15, 0.2) is 24.3 Å². The summed E-state index contributed by atoms with van der Waals surface area (Å²) in [7, 11) is 2.16. The molecule has 0 aromatic heterocycles.